The molecule has 0 saturated heterocycles. The lowest BCUT2D eigenvalue weighted by atomic mass is 10.1. The monoisotopic (exact) mass is 300 g/mol. The molecule has 0 saturated carbocycles. The molecule has 4 nitrogen and oxygen atoms in total. The maximum atomic E-state index is 13.7. The Morgan fingerprint density at radius 2 is 1.75 bits per heavy atom. The first-order chi connectivity index (χ1) is 9.34. The number of hydrogen-bond acceptors (Lipinski definition) is 2. The Bertz CT molecular complexity index is 761. The van der Waals surface area contributed by atoms with Gasteiger partial charge in [-0.25, -0.2) is 18.1 Å². The van der Waals surface area contributed by atoms with Gasteiger partial charge in [-0.1, -0.05) is 31.5 Å². The highest BCUT2D eigenvalue weighted by Gasteiger charge is 2.20. The Labute approximate surface area is 117 Å². The molecule has 0 unspecified atom stereocenters. The summed E-state index contributed by atoms with van der Waals surface area (Å²) in [6.45, 7) is 3.37. The quantitative estimate of drug-likeness (QED) is 0.867. The molecule has 0 atom stereocenters. The van der Waals surface area contributed by atoms with E-state index in [4.69, 9.17) is 11.6 Å². The van der Waals surface area contributed by atoms with E-state index in [2.05, 4.69) is 4.98 Å². The van der Waals surface area contributed by atoms with Gasteiger partial charge in [0.25, 0.3) is 5.56 Å². The van der Waals surface area contributed by atoms with Crippen molar-refractivity contribution >= 4 is 11.6 Å². The van der Waals surface area contributed by atoms with Crippen LogP contribution in [-0.4, -0.2) is 9.55 Å². The zero-order chi connectivity index (χ0) is 15.0. The normalized spacial score (nSPS) is 11.1. The molecule has 0 fully saturated rings. The summed E-state index contributed by atoms with van der Waals surface area (Å²) in [4.78, 5) is 26.3. The number of aromatic amines is 1. The second-order valence-corrected chi connectivity index (χ2v) is 4.90. The summed E-state index contributed by atoms with van der Waals surface area (Å²) in [7, 11) is 0. The second-order valence-electron chi connectivity index (χ2n) is 4.52. The van der Waals surface area contributed by atoms with Gasteiger partial charge in [-0.2, -0.15) is 0 Å². The second kappa shape index (κ2) is 5.20. The summed E-state index contributed by atoms with van der Waals surface area (Å²) in [5.41, 5.74) is -2.45. The molecule has 0 bridgehead atoms. The number of H-pyrrole nitrogens is 1. The smallest absolute Gasteiger partial charge is 0.297 e. The SMILES string of the molecule is CC(C)c1c(Cl)[nH]c(=O)n(-c2c(F)cccc2F)c1=O. The van der Waals surface area contributed by atoms with Crippen LogP contribution in [0.15, 0.2) is 27.8 Å². The summed E-state index contributed by atoms with van der Waals surface area (Å²) in [5, 5.41) is -0.122. The topological polar surface area (TPSA) is 54.9 Å². The van der Waals surface area contributed by atoms with Gasteiger partial charge in [-0.05, 0) is 18.1 Å². The third kappa shape index (κ3) is 2.27. The largest absolute Gasteiger partial charge is 0.334 e. The fraction of sp³-hybridized carbons (Fsp3) is 0.231. The fourth-order valence-electron chi connectivity index (χ4n) is 1.93. The van der Waals surface area contributed by atoms with E-state index in [0.717, 1.165) is 18.2 Å². The van der Waals surface area contributed by atoms with Crippen LogP contribution in [0.25, 0.3) is 5.69 Å². The van der Waals surface area contributed by atoms with E-state index in [1.54, 1.807) is 13.8 Å². The number of para-hydroxylation sites is 1. The van der Waals surface area contributed by atoms with E-state index in [0.29, 0.717) is 4.57 Å². The van der Waals surface area contributed by atoms with Crippen LogP contribution in [0, 0.1) is 11.6 Å². The Kier molecular flexibility index (Phi) is 3.76. The highest BCUT2D eigenvalue weighted by Crippen LogP contribution is 2.19. The summed E-state index contributed by atoms with van der Waals surface area (Å²) in [6, 6.07) is 3.08. The van der Waals surface area contributed by atoms with Crippen molar-refractivity contribution in [3.8, 4) is 5.69 Å². The summed E-state index contributed by atoms with van der Waals surface area (Å²) >= 11 is 5.81. The molecule has 0 aliphatic heterocycles. The van der Waals surface area contributed by atoms with Gasteiger partial charge < -0.3 is 0 Å². The summed E-state index contributed by atoms with van der Waals surface area (Å²) < 4.78 is 27.9. The van der Waals surface area contributed by atoms with Gasteiger partial charge in [-0.3, -0.25) is 9.78 Å². The molecular weight excluding hydrogens is 290 g/mol. The zero-order valence-electron chi connectivity index (χ0n) is 10.7. The van der Waals surface area contributed by atoms with E-state index >= 15 is 0 Å². The molecule has 0 aliphatic rings. The first-order valence-electron chi connectivity index (χ1n) is 5.83. The maximum absolute atomic E-state index is 13.7. The first-order valence-corrected chi connectivity index (χ1v) is 6.21. The lowest BCUT2D eigenvalue weighted by Crippen LogP contribution is -2.37. The van der Waals surface area contributed by atoms with Gasteiger partial charge in [0.15, 0.2) is 0 Å². The maximum Gasteiger partial charge on any atom is 0.334 e. The summed E-state index contributed by atoms with van der Waals surface area (Å²) in [6.07, 6.45) is 0. The zero-order valence-corrected chi connectivity index (χ0v) is 11.5. The Hall–Kier alpha value is -1.95. The minimum absolute atomic E-state index is 0.0916. The third-order valence-electron chi connectivity index (χ3n) is 2.83. The molecule has 106 valence electrons. The molecule has 1 heterocycles. The van der Waals surface area contributed by atoms with Gasteiger partial charge >= 0.3 is 5.69 Å². The third-order valence-corrected chi connectivity index (χ3v) is 3.13. The van der Waals surface area contributed by atoms with Crippen LogP contribution in [0.4, 0.5) is 8.78 Å². The van der Waals surface area contributed by atoms with Gasteiger partial charge in [0.2, 0.25) is 0 Å². The van der Waals surface area contributed by atoms with Crippen LogP contribution in [0.1, 0.15) is 25.3 Å². The molecule has 0 aliphatic carbocycles. The van der Waals surface area contributed by atoms with Crippen LogP contribution in [-0.2, 0) is 0 Å². The number of hydrogen-bond donors (Lipinski definition) is 1. The fourth-order valence-corrected chi connectivity index (χ4v) is 2.31. The number of aromatic nitrogens is 2. The Balaban J connectivity index is 2.93. The van der Waals surface area contributed by atoms with Crippen LogP contribution >= 0.6 is 11.6 Å². The Morgan fingerprint density at radius 3 is 2.25 bits per heavy atom. The number of halogens is 3. The van der Waals surface area contributed by atoms with E-state index < -0.39 is 28.6 Å². The van der Waals surface area contributed by atoms with Crippen molar-refractivity contribution in [2.24, 2.45) is 0 Å². The van der Waals surface area contributed by atoms with Crippen molar-refractivity contribution in [2.45, 2.75) is 19.8 Å². The van der Waals surface area contributed by atoms with Crippen LogP contribution in [0.3, 0.4) is 0 Å². The van der Waals surface area contributed by atoms with E-state index in [9.17, 15) is 18.4 Å². The number of nitrogens with zero attached hydrogens (tertiary/aromatic N) is 1. The standard InChI is InChI=1S/C13H11ClF2N2O2/c1-6(2)9-11(14)17-13(20)18(12(9)19)10-7(15)4-3-5-8(10)16/h3-6H,1-2H3,(H,17,20). The molecule has 20 heavy (non-hydrogen) atoms. The van der Waals surface area contributed by atoms with E-state index in [-0.39, 0.29) is 16.6 Å². The van der Waals surface area contributed by atoms with Gasteiger partial charge in [0, 0.05) is 0 Å². The summed E-state index contributed by atoms with van der Waals surface area (Å²) in [5.74, 6) is -2.32. The molecule has 7 heteroatoms. The lowest BCUT2D eigenvalue weighted by molar-refractivity contribution is 0.560. The highest BCUT2D eigenvalue weighted by atomic mass is 35.5. The number of nitrogens with one attached hydrogen (secondary N) is 1. The number of benzene rings is 1. The van der Waals surface area contributed by atoms with Crippen molar-refractivity contribution < 1.29 is 8.78 Å². The van der Waals surface area contributed by atoms with Crippen LogP contribution in [0.5, 0.6) is 0 Å². The minimum Gasteiger partial charge on any atom is -0.297 e. The van der Waals surface area contributed by atoms with Crippen molar-refractivity contribution in [3.63, 3.8) is 0 Å². The van der Waals surface area contributed by atoms with Crippen molar-refractivity contribution in [3.05, 3.63) is 61.4 Å². The van der Waals surface area contributed by atoms with Crippen LogP contribution in [0.2, 0.25) is 5.15 Å². The predicted molar refractivity (Wildman–Crippen MR) is 71.7 cm³/mol. The van der Waals surface area contributed by atoms with Crippen molar-refractivity contribution in [1.82, 2.24) is 9.55 Å². The molecular formula is C13H11ClF2N2O2. The average molecular weight is 301 g/mol. The molecule has 0 spiro atoms. The van der Waals surface area contributed by atoms with E-state index in [1.807, 2.05) is 0 Å². The van der Waals surface area contributed by atoms with Crippen molar-refractivity contribution in [1.29, 1.82) is 0 Å². The number of rotatable bonds is 2. The highest BCUT2D eigenvalue weighted by molar-refractivity contribution is 6.30. The van der Waals surface area contributed by atoms with E-state index in [1.165, 1.54) is 0 Å². The molecule has 1 N–H and O–H groups in total. The first kappa shape index (κ1) is 14.5. The molecule has 2 aromatic rings. The molecule has 0 radical (unpaired) electrons. The minimum atomic E-state index is -1.00. The molecule has 1 aromatic carbocycles. The predicted octanol–water partition coefficient (Wildman–Crippen LogP) is 2.58. The Morgan fingerprint density at radius 1 is 1.20 bits per heavy atom. The van der Waals surface area contributed by atoms with Crippen molar-refractivity contribution in [2.75, 3.05) is 0 Å². The van der Waals surface area contributed by atoms with Gasteiger partial charge in [0.1, 0.15) is 22.5 Å². The molecule has 2 rings (SSSR count). The van der Waals surface area contributed by atoms with Gasteiger partial charge in [-0.15, -0.1) is 0 Å². The molecule has 1 aromatic heterocycles. The molecule has 0 amide bonds. The van der Waals surface area contributed by atoms with Gasteiger partial charge in [0.05, 0.1) is 5.56 Å². The van der Waals surface area contributed by atoms with Crippen LogP contribution < -0.4 is 11.2 Å². The average Bonchev–Trinajstić information content (AvgIpc) is 2.31. The lowest BCUT2D eigenvalue weighted by Gasteiger charge is -2.12.